The summed E-state index contributed by atoms with van der Waals surface area (Å²) in [4.78, 5) is 8.38. The number of nitrogens with zero attached hydrogens (tertiary/aromatic N) is 2. The van der Waals surface area contributed by atoms with Crippen LogP contribution < -0.4 is 4.74 Å². The Morgan fingerprint density at radius 3 is 2.15 bits per heavy atom. The zero-order chi connectivity index (χ0) is 18.7. The van der Waals surface area contributed by atoms with Gasteiger partial charge in [-0.3, -0.25) is 0 Å². The lowest BCUT2D eigenvalue weighted by atomic mass is 10.0. The topological polar surface area (TPSA) is 35.0 Å². The van der Waals surface area contributed by atoms with Gasteiger partial charge in [-0.15, -0.1) is 0 Å². The Hall–Kier alpha value is -2.96. The van der Waals surface area contributed by atoms with E-state index in [9.17, 15) is 17.6 Å². The van der Waals surface area contributed by atoms with E-state index < -0.39 is 24.0 Å². The van der Waals surface area contributed by atoms with E-state index in [1.807, 2.05) is 6.92 Å². The summed E-state index contributed by atoms with van der Waals surface area (Å²) in [6.45, 7) is -1.16. The van der Waals surface area contributed by atoms with E-state index in [1.54, 1.807) is 18.5 Å². The van der Waals surface area contributed by atoms with E-state index in [2.05, 4.69) is 14.7 Å². The van der Waals surface area contributed by atoms with E-state index >= 15 is 0 Å². The van der Waals surface area contributed by atoms with Crippen molar-refractivity contribution < 1.29 is 22.3 Å². The molecule has 0 aliphatic carbocycles. The molecule has 0 unspecified atom stereocenters. The minimum atomic E-state index is -3.13. The highest BCUT2D eigenvalue weighted by molar-refractivity contribution is 5.69. The van der Waals surface area contributed by atoms with Gasteiger partial charge in [0.2, 0.25) is 0 Å². The molecule has 1 heterocycles. The van der Waals surface area contributed by atoms with Gasteiger partial charge in [0.05, 0.1) is 0 Å². The summed E-state index contributed by atoms with van der Waals surface area (Å²) >= 11 is 0. The van der Waals surface area contributed by atoms with Crippen LogP contribution in [0.1, 0.15) is 12.5 Å². The molecule has 0 bridgehead atoms. The summed E-state index contributed by atoms with van der Waals surface area (Å²) in [6, 6.07) is 7.62. The van der Waals surface area contributed by atoms with Crippen LogP contribution in [0.15, 0.2) is 48.8 Å². The normalized spacial score (nSPS) is 11.0. The van der Waals surface area contributed by atoms with Gasteiger partial charge in [-0.1, -0.05) is 25.1 Å². The number of halogens is 4. The summed E-state index contributed by atoms with van der Waals surface area (Å²) < 4.78 is 56.7. The Morgan fingerprint density at radius 2 is 1.58 bits per heavy atom. The summed E-state index contributed by atoms with van der Waals surface area (Å²) in [7, 11) is 0. The average molecular weight is 362 g/mol. The van der Waals surface area contributed by atoms with Gasteiger partial charge in [0.25, 0.3) is 0 Å². The average Bonchev–Trinajstić information content (AvgIpc) is 2.63. The van der Waals surface area contributed by atoms with E-state index in [-0.39, 0.29) is 11.1 Å². The molecule has 1 aromatic heterocycles. The Balaban J connectivity index is 1.91. The SMILES string of the molecule is CCc1cnc(-c2ccc(-c3ccc(OC(F)F)c(F)c3)c(F)c2)nc1. The summed E-state index contributed by atoms with van der Waals surface area (Å²) in [6.07, 6.45) is 4.14. The number of aromatic nitrogens is 2. The fourth-order valence-electron chi connectivity index (χ4n) is 2.43. The largest absolute Gasteiger partial charge is 0.432 e. The van der Waals surface area contributed by atoms with Crippen molar-refractivity contribution in [1.29, 1.82) is 0 Å². The van der Waals surface area contributed by atoms with Crippen LogP contribution in [0.2, 0.25) is 0 Å². The molecule has 0 fully saturated rings. The fraction of sp³-hybridized carbons (Fsp3) is 0.158. The van der Waals surface area contributed by atoms with E-state index in [0.29, 0.717) is 11.4 Å². The van der Waals surface area contributed by atoms with E-state index in [1.165, 1.54) is 18.2 Å². The molecule has 0 aliphatic rings. The maximum atomic E-state index is 14.5. The molecule has 26 heavy (non-hydrogen) atoms. The fourth-order valence-corrected chi connectivity index (χ4v) is 2.43. The van der Waals surface area contributed by atoms with Gasteiger partial charge in [-0.2, -0.15) is 8.78 Å². The minimum absolute atomic E-state index is 0.126. The number of benzene rings is 2. The van der Waals surface area contributed by atoms with Crippen LogP contribution in [0, 0.1) is 11.6 Å². The highest BCUT2D eigenvalue weighted by Crippen LogP contribution is 2.30. The Kier molecular flexibility index (Phi) is 5.16. The molecule has 134 valence electrons. The van der Waals surface area contributed by atoms with Gasteiger partial charge in [-0.25, -0.2) is 18.7 Å². The Morgan fingerprint density at radius 1 is 0.923 bits per heavy atom. The zero-order valence-corrected chi connectivity index (χ0v) is 13.7. The lowest BCUT2D eigenvalue weighted by molar-refractivity contribution is -0.0521. The molecule has 2 aromatic carbocycles. The molecule has 0 amide bonds. The monoisotopic (exact) mass is 362 g/mol. The van der Waals surface area contributed by atoms with Crippen molar-refractivity contribution in [2.75, 3.05) is 0 Å². The molecule has 0 saturated heterocycles. The second-order valence-corrected chi connectivity index (χ2v) is 5.49. The van der Waals surface area contributed by atoms with E-state index in [4.69, 9.17) is 0 Å². The molecular weight excluding hydrogens is 348 g/mol. The van der Waals surface area contributed by atoms with Crippen LogP contribution in [0.3, 0.4) is 0 Å². The third kappa shape index (κ3) is 3.82. The molecule has 3 aromatic rings. The van der Waals surface area contributed by atoms with Gasteiger partial charge >= 0.3 is 6.61 Å². The van der Waals surface area contributed by atoms with Crippen molar-refractivity contribution in [3.63, 3.8) is 0 Å². The number of hydrogen-bond donors (Lipinski definition) is 0. The molecule has 0 N–H and O–H groups in total. The Labute approximate surface area is 147 Å². The lowest BCUT2D eigenvalue weighted by Crippen LogP contribution is -2.03. The zero-order valence-electron chi connectivity index (χ0n) is 13.7. The standard InChI is InChI=1S/C19H14F4N2O/c1-2-11-9-24-18(25-10-11)13-3-5-14(15(20)8-13)12-4-6-17(16(21)7-12)26-19(22)23/h3-10,19H,2H2,1H3. The first-order valence-corrected chi connectivity index (χ1v) is 7.83. The van der Waals surface area contributed by atoms with Crippen molar-refractivity contribution >= 4 is 0 Å². The van der Waals surface area contributed by atoms with Crippen LogP contribution in [0.25, 0.3) is 22.5 Å². The maximum absolute atomic E-state index is 14.5. The van der Waals surface area contributed by atoms with Crippen LogP contribution in [-0.4, -0.2) is 16.6 Å². The minimum Gasteiger partial charge on any atom is -0.432 e. The number of ether oxygens (including phenoxy) is 1. The second-order valence-electron chi connectivity index (χ2n) is 5.49. The second kappa shape index (κ2) is 7.51. The molecule has 0 aliphatic heterocycles. The summed E-state index contributed by atoms with van der Waals surface area (Å²) in [5.41, 5.74) is 1.77. The summed E-state index contributed by atoms with van der Waals surface area (Å²) in [5.74, 6) is -1.82. The van der Waals surface area contributed by atoms with Crippen LogP contribution in [0.5, 0.6) is 5.75 Å². The van der Waals surface area contributed by atoms with Crippen LogP contribution in [-0.2, 0) is 6.42 Å². The number of rotatable bonds is 5. The van der Waals surface area contributed by atoms with E-state index in [0.717, 1.165) is 24.1 Å². The molecule has 7 heteroatoms. The maximum Gasteiger partial charge on any atom is 0.387 e. The van der Waals surface area contributed by atoms with Gasteiger partial charge in [0, 0.05) is 23.5 Å². The highest BCUT2D eigenvalue weighted by atomic mass is 19.3. The highest BCUT2D eigenvalue weighted by Gasteiger charge is 2.14. The van der Waals surface area contributed by atoms with Gasteiger partial charge < -0.3 is 4.74 Å². The first-order valence-electron chi connectivity index (χ1n) is 7.83. The molecular formula is C19H14F4N2O. The van der Waals surface area contributed by atoms with Crippen LogP contribution >= 0.6 is 0 Å². The number of alkyl halides is 2. The predicted octanol–water partition coefficient (Wildman–Crippen LogP) is 5.25. The molecule has 3 rings (SSSR count). The molecule has 0 saturated carbocycles. The van der Waals surface area contributed by atoms with Crippen molar-refractivity contribution in [3.05, 3.63) is 66.0 Å². The van der Waals surface area contributed by atoms with Gasteiger partial charge in [-0.05, 0) is 35.7 Å². The van der Waals surface area contributed by atoms with Crippen molar-refractivity contribution in [3.8, 4) is 28.3 Å². The quantitative estimate of drug-likeness (QED) is 0.581. The molecule has 0 spiro atoms. The molecule has 3 nitrogen and oxygen atoms in total. The summed E-state index contributed by atoms with van der Waals surface area (Å²) in [5, 5.41) is 0. The third-order valence-electron chi connectivity index (χ3n) is 3.80. The molecule has 0 atom stereocenters. The number of hydrogen-bond acceptors (Lipinski definition) is 3. The van der Waals surface area contributed by atoms with Crippen molar-refractivity contribution in [2.45, 2.75) is 20.0 Å². The van der Waals surface area contributed by atoms with Gasteiger partial charge in [0.15, 0.2) is 17.4 Å². The van der Waals surface area contributed by atoms with Gasteiger partial charge in [0.1, 0.15) is 5.82 Å². The number of aryl methyl sites for hydroxylation is 1. The molecule has 0 radical (unpaired) electrons. The van der Waals surface area contributed by atoms with Crippen molar-refractivity contribution in [2.24, 2.45) is 0 Å². The lowest BCUT2D eigenvalue weighted by Gasteiger charge is -2.09. The first-order chi connectivity index (χ1) is 12.5. The smallest absolute Gasteiger partial charge is 0.387 e. The predicted molar refractivity (Wildman–Crippen MR) is 88.8 cm³/mol. The third-order valence-corrected chi connectivity index (χ3v) is 3.80. The van der Waals surface area contributed by atoms with Crippen molar-refractivity contribution in [1.82, 2.24) is 9.97 Å². The Bertz CT molecular complexity index is 914. The first kappa shape index (κ1) is 17.8. The van der Waals surface area contributed by atoms with Crippen LogP contribution in [0.4, 0.5) is 17.6 Å².